The standard InChI is InChI=1S/C16H19FOS/c1-2-3-4-5-6-7-14(18)16-10-12-8-9-13(17)11-15(12)19-16/h2,8-11,14,18H,1,3-7H2. The van der Waals surface area contributed by atoms with Gasteiger partial charge < -0.3 is 5.11 Å². The number of aliphatic hydroxyl groups is 1. The van der Waals surface area contributed by atoms with Gasteiger partial charge in [-0.2, -0.15) is 0 Å². The zero-order valence-electron chi connectivity index (χ0n) is 10.9. The lowest BCUT2D eigenvalue weighted by atomic mass is 10.1. The van der Waals surface area contributed by atoms with E-state index in [9.17, 15) is 9.50 Å². The van der Waals surface area contributed by atoms with Gasteiger partial charge in [0.2, 0.25) is 0 Å². The molecule has 0 spiro atoms. The highest BCUT2D eigenvalue weighted by molar-refractivity contribution is 7.19. The molecule has 1 aromatic heterocycles. The molecule has 2 rings (SSSR count). The van der Waals surface area contributed by atoms with Gasteiger partial charge >= 0.3 is 0 Å². The molecule has 0 aliphatic carbocycles. The molecule has 0 bridgehead atoms. The molecule has 0 radical (unpaired) electrons. The van der Waals surface area contributed by atoms with E-state index >= 15 is 0 Å². The number of thiophene rings is 1. The second-order valence-corrected chi connectivity index (χ2v) is 5.89. The van der Waals surface area contributed by atoms with Crippen LogP contribution in [0.15, 0.2) is 36.9 Å². The molecule has 19 heavy (non-hydrogen) atoms. The number of rotatable bonds is 7. The fourth-order valence-corrected chi connectivity index (χ4v) is 3.25. The number of allylic oxidation sites excluding steroid dienone is 1. The summed E-state index contributed by atoms with van der Waals surface area (Å²) in [5.74, 6) is -0.222. The molecule has 0 aliphatic heterocycles. The van der Waals surface area contributed by atoms with Crippen molar-refractivity contribution in [3.63, 3.8) is 0 Å². The van der Waals surface area contributed by atoms with Gasteiger partial charge in [-0.3, -0.25) is 0 Å². The van der Waals surface area contributed by atoms with Crippen LogP contribution >= 0.6 is 11.3 Å². The quantitative estimate of drug-likeness (QED) is 0.544. The maximum Gasteiger partial charge on any atom is 0.124 e. The number of halogens is 1. The molecule has 0 fully saturated rings. The molecule has 0 amide bonds. The SMILES string of the molecule is C=CCCCCCC(O)c1cc2ccc(F)cc2s1. The van der Waals surface area contributed by atoms with Crippen LogP contribution in [-0.4, -0.2) is 5.11 Å². The van der Waals surface area contributed by atoms with E-state index in [1.165, 1.54) is 23.5 Å². The zero-order valence-corrected chi connectivity index (χ0v) is 11.8. The van der Waals surface area contributed by atoms with E-state index in [1.807, 2.05) is 12.1 Å². The van der Waals surface area contributed by atoms with Gasteiger partial charge in [0.15, 0.2) is 0 Å². The molecule has 2 aromatic rings. The van der Waals surface area contributed by atoms with Crippen molar-refractivity contribution in [3.8, 4) is 0 Å². The number of unbranched alkanes of at least 4 members (excludes halogenated alkanes) is 3. The Hall–Kier alpha value is -1.19. The van der Waals surface area contributed by atoms with Crippen LogP contribution in [0.4, 0.5) is 4.39 Å². The van der Waals surface area contributed by atoms with Crippen LogP contribution in [0.1, 0.15) is 43.1 Å². The van der Waals surface area contributed by atoms with E-state index in [4.69, 9.17) is 0 Å². The molecule has 1 atom stereocenters. The number of aliphatic hydroxyl groups excluding tert-OH is 1. The number of fused-ring (bicyclic) bond motifs is 1. The third-order valence-corrected chi connectivity index (χ3v) is 4.41. The van der Waals surface area contributed by atoms with E-state index in [0.717, 1.165) is 47.1 Å². The normalized spacial score (nSPS) is 12.7. The van der Waals surface area contributed by atoms with E-state index in [2.05, 4.69) is 6.58 Å². The Morgan fingerprint density at radius 1 is 1.26 bits per heavy atom. The lowest BCUT2D eigenvalue weighted by Crippen LogP contribution is -1.94. The first-order chi connectivity index (χ1) is 9.20. The smallest absolute Gasteiger partial charge is 0.124 e. The van der Waals surface area contributed by atoms with Crippen molar-refractivity contribution in [2.75, 3.05) is 0 Å². The van der Waals surface area contributed by atoms with Gasteiger partial charge in [0, 0.05) is 9.58 Å². The van der Waals surface area contributed by atoms with Crippen molar-refractivity contribution < 1.29 is 9.50 Å². The average Bonchev–Trinajstić information content (AvgIpc) is 2.81. The topological polar surface area (TPSA) is 20.2 Å². The molecule has 1 heterocycles. The van der Waals surface area contributed by atoms with E-state index in [1.54, 1.807) is 6.07 Å². The molecule has 3 heteroatoms. The third-order valence-electron chi connectivity index (χ3n) is 3.22. The van der Waals surface area contributed by atoms with Gasteiger partial charge in [-0.15, -0.1) is 17.9 Å². The van der Waals surface area contributed by atoms with Crippen molar-refractivity contribution >= 4 is 21.4 Å². The summed E-state index contributed by atoms with van der Waals surface area (Å²) in [7, 11) is 0. The second kappa shape index (κ2) is 6.83. The molecule has 1 N–H and O–H groups in total. The fourth-order valence-electron chi connectivity index (χ4n) is 2.14. The molecule has 1 unspecified atom stereocenters. The molecular formula is C16H19FOS. The Kier molecular flexibility index (Phi) is 5.11. The van der Waals surface area contributed by atoms with Crippen molar-refractivity contribution in [3.05, 3.63) is 47.6 Å². The number of hydrogen-bond donors (Lipinski definition) is 1. The van der Waals surface area contributed by atoms with Gasteiger partial charge in [0.1, 0.15) is 5.82 Å². The highest BCUT2D eigenvalue weighted by atomic mass is 32.1. The van der Waals surface area contributed by atoms with Crippen LogP contribution in [-0.2, 0) is 0 Å². The first-order valence-corrected chi connectivity index (χ1v) is 7.50. The first kappa shape index (κ1) is 14.2. The number of benzene rings is 1. The van der Waals surface area contributed by atoms with Gasteiger partial charge in [0.25, 0.3) is 0 Å². The van der Waals surface area contributed by atoms with E-state index < -0.39 is 6.10 Å². The summed E-state index contributed by atoms with van der Waals surface area (Å²) in [5, 5.41) is 11.2. The molecule has 0 saturated heterocycles. The highest BCUT2D eigenvalue weighted by Gasteiger charge is 2.11. The summed E-state index contributed by atoms with van der Waals surface area (Å²) in [5.41, 5.74) is 0. The zero-order chi connectivity index (χ0) is 13.7. The predicted molar refractivity (Wildman–Crippen MR) is 80.0 cm³/mol. The van der Waals surface area contributed by atoms with Gasteiger partial charge in [-0.25, -0.2) is 4.39 Å². The molecule has 1 aromatic carbocycles. The molecule has 102 valence electrons. The van der Waals surface area contributed by atoms with Crippen LogP contribution in [0.3, 0.4) is 0 Å². The Morgan fingerprint density at radius 2 is 2.11 bits per heavy atom. The van der Waals surface area contributed by atoms with Crippen molar-refractivity contribution in [2.45, 2.75) is 38.2 Å². The van der Waals surface area contributed by atoms with Crippen LogP contribution in [0, 0.1) is 5.82 Å². The van der Waals surface area contributed by atoms with Crippen molar-refractivity contribution in [1.82, 2.24) is 0 Å². The molecule has 0 aliphatic rings. The lowest BCUT2D eigenvalue weighted by molar-refractivity contribution is 0.167. The van der Waals surface area contributed by atoms with E-state index in [0.29, 0.717) is 0 Å². The first-order valence-electron chi connectivity index (χ1n) is 6.68. The lowest BCUT2D eigenvalue weighted by Gasteiger charge is -2.07. The maximum atomic E-state index is 13.1. The summed E-state index contributed by atoms with van der Waals surface area (Å²) >= 11 is 1.48. The summed E-state index contributed by atoms with van der Waals surface area (Å²) < 4.78 is 14.0. The van der Waals surface area contributed by atoms with Crippen LogP contribution in [0.5, 0.6) is 0 Å². The summed E-state index contributed by atoms with van der Waals surface area (Å²) in [6, 6.07) is 6.72. The molecular weight excluding hydrogens is 259 g/mol. The predicted octanol–water partition coefficient (Wildman–Crippen LogP) is 5.21. The monoisotopic (exact) mass is 278 g/mol. The maximum absolute atomic E-state index is 13.1. The summed E-state index contributed by atoms with van der Waals surface area (Å²) in [6.45, 7) is 3.69. The summed E-state index contributed by atoms with van der Waals surface area (Å²) in [4.78, 5) is 0.935. The van der Waals surface area contributed by atoms with Crippen LogP contribution in [0.2, 0.25) is 0 Å². The highest BCUT2D eigenvalue weighted by Crippen LogP contribution is 2.32. The Bertz CT molecular complexity index is 547. The Balaban J connectivity index is 1.93. The van der Waals surface area contributed by atoms with Crippen LogP contribution in [0.25, 0.3) is 10.1 Å². The van der Waals surface area contributed by atoms with Gasteiger partial charge in [0.05, 0.1) is 6.10 Å². The third kappa shape index (κ3) is 3.88. The minimum Gasteiger partial charge on any atom is -0.388 e. The summed E-state index contributed by atoms with van der Waals surface area (Å²) in [6.07, 6.45) is 6.57. The fraction of sp³-hybridized carbons (Fsp3) is 0.375. The molecule has 0 saturated carbocycles. The van der Waals surface area contributed by atoms with Crippen molar-refractivity contribution in [1.29, 1.82) is 0 Å². The van der Waals surface area contributed by atoms with E-state index in [-0.39, 0.29) is 5.82 Å². The second-order valence-electron chi connectivity index (χ2n) is 4.77. The van der Waals surface area contributed by atoms with Crippen LogP contribution < -0.4 is 0 Å². The minimum absolute atomic E-state index is 0.222. The Morgan fingerprint density at radius 3 is 2.89 bits per heavy atom. The van der Waals surface area contributed by atoms with Crippen molar-refractivity contribution in [2.24, 2.45) is 0 Å². The van der Waals surface area contributed by atoms with Gasteiger partial charge in [-0.05, 0) is 42.8 Å². The minimum atomic E-state index is -0.427. The number of hydrogen-bond acceptors (Lipinski definition) is 2. The van der Waals surface area contributed by atoms with Gasteiger partial charge in [-0.1, -0.05) is 25.0 Å². The average molecular weight is 278 g/mol. The largest absolute Gasteiger partial charge is 0.388 e. The Labute approximate surface area is 117 Å². The molecule has 1 nitrogen and oxygen atoms in total.